The molecule has 0 atom stereocenters. The third kappa shape index (κ3) is 2.45. The van der Waals surface area contributed by atoms with E-state index in [1.165, 1.54) is 6.07 Å². The van der Waals surface area contributed by atoms with Crippen LogP contribution in [-0.4, -0.2) is 15.4 Å². The van der Waals surface area contributed by atoms with E-state index in [1.807, 2.05) is 0 Å². The van der Waals surface area contributed by atoms with Crippen molar-refractivity contribution in [2.75, 3.05) is 5.88 Å². The molecule has 1 rings (SSSR count). The molecule has 0 aliphatic rings. The van der Waals surface area contributed by atoms with Crippen LogP contribution in [0.5, 0.6) is 0 Å². The van der Waals surface area contributed by atoms with E-state index >= 15 is 0 Å². The molecule has 0 bridgehead atoms. The van der Waals surface area contributed by atoms with Gasteiger partial charge in [0.1, 0.15) is 5.82 Å². The molecular weight excluding hydrogens is 200 g/mol. The average molecular weight is 213 g/mol. The van der Waals surface area contributed by atoms with E-state index in [1.54, 1.807) is 18.4 Å². The van der Waals surface area contributed by atoms with Crippen LogP contribution in [0, 0.1) is 13.8 Å². The molecule has 76 valence electrons. The van der Waals surface area contributed by atoms with Gasteiger partial charge in [-0.1, -0.05) is 6.58 Å². The highest BCUT2D eigenvalue weighted by molar-refractivity contribution is 6.19. The van der Waals surface area contributed by atoms with E-state index in [-0.39, 0.29) is 5.56 Å². The van der Waals surface area contributed by atoms with Crippen LogP contribution in [0.2, 0.25) is 0 Å². The number of nitrogens with zero attached hydrogens (tertiary/aromatic N) is 2. The normalized spacial score (nSPS) is 10.2. The number of aryl methyl sites for hydroxylation is 2. The standard InChI is InChI=1S/C10H13ClN2O/c1-7(5-11)6-13-9(3)12-8(2)4-10(13)14/h4H,1,5-6H2,2-3H3. The maximum atomic E-state index is 11.6. The number of allylic oxidation sites excluding steroid dienone is 1. The largest absolute Gasteiger partial charge is 0.293 e. The summed E-state index contributed by atoms with van der Waals surface area (Å²) in [6.45, 7) is 7.80. The molecule has 0 aliphatic heterocycles. The van der Waals surface area contributed by atoms with Gasteiger partial charge >= 0.3 is 0 Å². The topological polar surface area (TPSA) is 34.9 Å². The third-order valence-corrected chi connectivity index (χ3v) is 2.28. The second-order valence-corrected chi connectivity index (χ2v) is 3.52. The summed E-state index contributed by atoms with van der Waals surface area (Å²) in [6, 6.07) is 1.51. The van der Waals surface area contributed by atoms with Crippen LogP contribution < -0.4 is 5.56 Å². The first-order chi connectivity index (χ1) is 6.54. The Morgan fingerprint density at radius 1 is 1.64 bits per heavy atom. The number of rotatable bonds is 3. The summed E-state index contributed by atoms with van der Waals surface area (Å²) in [7, 11) is 0. The van der Waals surface area contributed by atoms with Gasteiger partial charge in [-0.05, 0) is 19.4 Å². The molecule has 0 N–H and O–H groups in total. The second kappa shape index (κ2) is 4.42. The zero-order chi connectivity index (χ0) is 10.7. The average Bonchev–Trinajstić information content (AvgIpc) is 2.10. The minimum absolute atomic E-state index is 0.0544. The maximum absolute atomic E-state index is 11.6. The van der Waals surface area contributed by atoms with Crippen molar-refractivity contribution in [2.45, 2.75) is 20.4 Å². The highest BCUT2D eigenvalue weighted by Crippen LogP contribution is 2.00. The molecule has 0 aromatic carbocycles. The summed E-state index contributed by atoms with van der Waals surface area (Å²) in [5.41, 5.74) is 1.49. The number of hydrogen-bond donors (Lipinski definition) is 0. The predicted octanol–water partition coefficient (Wildman–Crippen LogP) is 1.66. The van der Waals surface area contributed by atoms with Gasteiger partial charge in [0.25, 0.3) is 5.56 Å². The van der Waals surface area contributed by atoms with Gasteiger partial charge < -0.3 is 0 Å². The fourth-order valence-electron chi connectivity index (χ4n) is 1.22. The fourth-order valence-corrected chi connectivity index (χ4v) is 1.31. The molecule has 0 saturated carbocycles. The quantitative estimate of drug-likeness (QED) is 0.564. The molecule has 0 spiro atoms. The zero-order valence-electron chi connectivity index (χ0n) is 8.38. The first-order valence-corrected chi connectivity index (χ1v) is 4.85. The fraction of sp³-hybridized carbons (Fsp3) is 0.400. The van der Waals surface area contributed by atoms with Gasteiger partial charge in [0, 0.05) is 24.2 Å². The zero-order valence-corrected chi connectivity index (χ0v) is 9.14. The molecule has 4 heteroatoms. The lowest BCUT2D eigenvalue weighted by atomic mass is 10.3. The molecule has 3 nitrogen and oxygen atoms in total. The SMILES string of the molecule is C=C(CCl)Cn1c(C)nc(C)cc1=O. The summed E-state index contributed by atoms with van der Waals surface area (Å²) in [5, 5.41) is 0. The predicted molar refractivity (Wildman–Crippen MR) is 57.8 cm³/mol. The van der Waals surface area contributed by atoms with Gasteiger partial charge in [-0.25, -0.2) is 4.98 Å². The Labute approximate surface area is 88.0 Å². The van der Waals surface area contributed by atoms with Gasteiger partial charge in [-0.2, -0.15) is 0 Å². The summed E-state index contributed by atoms with van der Waals surface area (Å²) in [6.07, 6.45) is 0. The smallest absolute Gasteiger partial charge is 0.254 e. The van der Waals surface area contributed by atoms with E-state index in [0.29, 0.717) is 18.2 Å². The molecule has 0 radical (unpaired) electrons. The van der Waals surface area contributed by atoms with E-state index in [2.05, 4.69) is 11.6 Å². The number of aromatic nitrogens is 2. The number of halogens is 1. The van der Waals surface area contributed by atoms with Crippen LogP contribution in [0.1, 0.15) is 11.5 Å². The van der Waals surface area contributed by atoms with Crippen LogP contribution in [0.25, 0.3) is 0 Å². The van der Waals surface area contributed by atoms with Crippen molar-refractivity contribution in [1.29, 1.82) is 0 Å². The van der Waals surface area contributed by atoms with Crippen molar-refractivity contribution >= 4 is 11.6 Å². The van der Waals surface area contributed by atoms with Gasteiger partial charge in [0.05, 0.1) is 0 Å². The van der Waals surface area contributed by atoms with Crippen molar-refractivity contribution in [1.82, 2.24) is 9.55 Å². The van der Waals surface area contributed by atoms with E-state index < -0.39 is 0 Å². The summed E-state index contributed by atoms with van der Waals surface area (Å²) in [4.78, 5) is 15.8. The number of alkyl halides is 1. The van der Waals surface area contributed by atoms with Gasteiger partial charge in [0.15, 0.2) is 0 Å². The van der Waals surface area contributed by atoms with Gasteiger partial charge in [0.2, 0.25) is 0 Å². The number of hydrogen-bond acceptors (Lipinski definition) is 2. The van der Waals surface area contributed by atoms with Crippen LogP contribution in [0.3, 0.4) is 0 Å². The molecule has 1 heterocycles. The molecule has 0 saturated heterocycles. The van der Waals surface area contributed by atoms with Crippen molar-refractivity contribution in [2.24, 2.45) is 0 Å². The first kappa shape index (κ1) is 11.0. The molecule has 1 aromatic heterocycles. The van der Waals surface area contributed by atoms with E-state index in [4.69, 9.17) is 11.6 Å². The van der Waals surface area contributed by atoms with E-state index in [9.17, 15) is 4.79 Å². The molecule has 0 amide bonds. The van der Waals surface area contributed by atoms with Gasteiger partial charge in [-0.3, -0.25) is 9.36 Å². The van der Waals surface area contributed by atoms with E-state index in [0.717, 1.165) is 11.3 Å². The molecule has 14 heavy (non-hydrogen) atoms. The Balaban J connectivity index is 3.09. The molecule has 0 aliphatic carbocycles. The lowest BCUT2D eigenvalue weighted by Crippen LogP contribution is -2.24. The Bertz CT molecular complexity index is 409. The first-order valence-electron chi connectivity index (χ1n) is 4.32. The van der Waals surface area contributed by atoms with Crippen molar-refractivity contribution in [3.8, 4) is 0 Å². The highest BCUT2D eigenvalue weighted by atomic mass is 35.5. The highest BCUT2D eigenvalue weighted by Gasteiger charge is 2.03. The summed E-state index contributed by atoms with van der Waals surface area (Å²) in [5.74, 6) is 1.06. The van der Waals surface area contributed by atoms with Crippen molar-refractivity contribution < 1.29 is 0 Å². The molecule has 0 fully saturated rings. The van der Waals surface area contributed by atoms with Crippen LogP contribution in [-0.2, 0) is 6.54 Å². The Morgan fingerprint density at radius 2 is 2.29 bits per heavy atom. The minimum Gasteiger partial charge on any atom is -0.293 e. The lowest BCUT2D eigenvalue weighted by Gasteiger charge is -2.09. The molecule has 0 unspecified atom stereocenters. The Hall–Kier alpha value is -1.09. The van der Waals surface area contributed by atoms with Crippen molar-refractivity contribution in [3.05, 3.63) is 40.1 Å². The Morgan fingerprint density at radius 3 is 2.79 bits per heavy atom. The van der Waals surface area contributed by atoms with Crippen LogP contribution in [0.4, 0.5) is 0 Å². The maximum Gasteiger partial charge on any atom is 0.254 e. The Kier molecular flexibility index (Phi) is 3.47. The minimum atomic E-state index is -0.0544. The van der Waals surface area contributed by atoms with Crippen LogP contribution >= 0.6 is 11.6 Å². The lowest BCUT2D eigenvalue weighted by molar-refractivity contribution is 0.687. The monoisotopic (exact) mass is 212 g/mol. The van der Waals surface area contributed by atoms with Gasteiger partial charge in [-0.15, -0.1) is 11.6 Å². The van der Waals surface area contributed by atoms with Crippen molar-refractivity contribution in [3.63, 3.8) is 0 Å². The summed E-state index contributed by atoms with van der Waals surface area (Å²) >= 11 is 5.60. The second-order valence-electron chi connectivity index (χ2n) is 3.25. The molecular formula is C10H13ClN2O. The molecule has 1 aromatic rings. The van der Waals surface area contributed by atoms with Crippen LogP contribution in [0.15, 0.2) is 23.0 Å². The third-order valence-electron chi connectivity index (χ3n) is 1.90. The summed E-state index contributed by atoms with van der Waals surface area (Å²) < 4.78 is 1.57.